The van der Waals surface area contributed by atoms with Crippen LogP contribution in [0.1, 0.15) is 35.6 Å². The van der Waals surface area contributed by atoms with E-state index >= 15 is 0 Å². The summed E-state index contributed by atoms with van der Waals surface area (Å²) in [6.07, 6.45) is 3.67. The quantitative estimate of drug-likeness (QED) is 0.881. The fourth-order valence-corrected chi connectivity index (χ4v) is 5.28. The van der Waals surface area contributed by atoms with E-state index in [0.29, 0.717) is 6.42 Å². The number of hydrogen-bond donors (Lipinski definition) is 1. The molecule has 1 N–H and O–H groups in total. The average Bonchev–Trinajstić information content (AvgIpc) is 3.14. The minimum absolute atomic E-state index is 0.0161. The summed E-state index contributed by atoms with van der Waals surface area (Å²) >= 11 is 0. The maximum atomic E-state index is 13.0. The Labute approximate surface area is 160 Å². The Balaban J connectivity index is 1.62. The van der Waals surface area contributed by atoms with E-state index < -0.39 is 16.1 Å². The average molecular weight is 385 g/mol. The Hall–Kier alpha value is -2.18. The van der Waals surface area contributed by atoms with Gasteiger partial charge in [0, 0.05) is 12.2 Å². The summed E-state index contributed by atoms with van der Waals surface area (Å²) in [5.41, 5.74) is 5.37. The van der Waals surface area contributed by atoms with Crippen LogP contribution in [-0.4, -0.2) is 30.4 Å². The van der Waals surface area contributed by atoms with E-state index in [9.17, 15) is 13.2 Å². The third-order valence-electron chi connectivity index (χ3n) is 5.60. The van der Waals surface area contributed by atoms with Crippen LogP contribution in [0.15, 0.2) is 42.5 Å². The Morgan fingerprint density at radius 3 is 2.59 bits per heavy atom. The maximum Gasteiger partial charge on any atom is 0.243 e. The molecule has 1 aliphatic carbocycles. The summed E-state index contributed by atoms with van der Waals surface area (Å²) in [6.45, 7) is 1.86. The first-order valence-corrected chi connectivity index (χ1v) is 11.1. The van der Waals surface area contributed by atoms with Crippen LogP contribution in [-0.2, 0) is 40.6 Å². The van der Waals surface area contributed by atoms with Crippen LogP contribution in [0.2, 0.25) is 0 Å². The molecular formula is C21H24N2O3S. The smallest absolute Gasteiger partial charge is 0.243 e. The minimum Gasteiger partial charge on any atom is -0.325 e. The number of amides is 1. The Morgan fingerprint density at radius 1 is 1.07 bits per heavy atom. The van der Waals surface area contributed by atoms with Crippen LogP contribution in [0.5, 0.6) is 0 Å². The molecule has 142 valence electrons. The zero-order valence-corrected chi connectivity index (χ0v) is 16.3. The lowest BCUT2D eigenvalue weighted by atomic mass is 9.95. The van der Waals surface area contributed by atoms with Crippen molar-refractivity contribution < 1.29 is 13.2 Å². The van der Waals surface area contributed by atoms with Gasteiger partial charge in [-0.15, -0.1) is 0 Å². The Morgan fingerprint density at radius 2 is 1.81 bits per heavy atom. The summed E-state index contributed by atoms with van der Waals surface area (Å²) in [5.74, 6) is -0.280. The van der Waals surface area contributed by atoms with Gasteiger partial charge in [0.05, 0.1) is 5.75 Å². The number of anilines is 1. The van der Waals surface area contributed by atoms with Gasteiger partial charge in [0.25, 0.3) is 0 Å². The molecule has 0 fully saturated rings. The van der Waals surface area contributed by atoms with Gasteiger partial charge in [-0.25, -0.2) is 8.42 Å². The van der Waals surface area contributed by atoms with Gasteiger partial charge in [0.2, 0.25) is 15.9 Å². The van der Waals surface area contributed by atoms with E-state index in [-0.39, 0.29) is 18.2 Å². The molecular weight excluding hydrogens is 360 g/mol. The predicted octanol–water partition coefficient (Wildman–Crippen LogP) is 2.89. The van der Waals surface area contributed by atoms with Gasteiger partial charge in [-0.2, -0.15) is 4.31 Å². The van der Waals surface area contributed by atoms with Crippen LogP contribution in [0.4, 0.5) is 5.69 Å². The first-order valence-electron chi connectivity index (χ1n) is 9.47. The van der Waals surface area contributed by atoms with E-state index in [4.69, 9.17) is 0 Å². The second kappa shape index (κ2) is 7.09. The lowest BCUT2D eigenvalue weighted by Gasteiger charge is -2.34. The normalized spacial score (nSPS) is 19.4. The van der Waals surface area contributed by atoms with Gasteiger partial charge in [-0.1, -0.05) is 30.3 Å². The SMILES string of the molecule is CCS(=O)(=O)N1Cc2ccccc2CC1C(=O)Nc1ccc2c(c1)CCC2. The molecule has 2 aliphatic rings. The summed E-state index contributed by atoms with van der Waals surface area (Å²) < 4.78 is 26.6. The van der Waals surface area contributed by atoms with Gasteiger partial charge >= 0.3 is 0 Å². The summed E-state index contributed by atoms with van der Waals surface area (Å²) in [5, 5.41) is 2.95. The second-order valence-corrected chi connectivity index (χ2v) is 9.47. The van der Waals surface area contributed by atoms with Crippen molar-refractivity contribution in [1.82, 2.24) is 4.31 Å². The predicted molar refractivity (Wildman–Crippen MR) is 106 cm³/mol. The molecule has 4 rings (SSSR count). The summed E-state index contributed by atoms with van der Waals surface area (Å²) in [7, 11) is -3.49. The standard InChI is InChI=1S/C21H24N2O3S/c1-2-27(25,26)23-14-18-7-4-3-6-17(18)13-20(23)21(24)22-19-11-10-15-8-5-9-16(15)12-19/h3-4,6-7,10-12,20H,2,5,8-9,13-14H2,1H3,(H,22,24). The highest BCUT2D eigenvalue weighted by Crippen LogP contribution is 2.28. The largest absolute Gasteiger partial charge is 0.325 e. The fourth-order valence-electron chi connectivity index (χ4n) is 4.06. The molecule has 6 heteroatoms. The number of hydrogen-bond acceptors (Lipinski definition) is 3. The molecule has 0 saturated carbocycles. The van der Waals surface area contributed by atoms with Gasteiger partial charge in [0.1, 0.15) is 6.04 Å². The van der Waals surface area contributed by atoms with E-state index in [1.165, 1.54) is 15.4 Å². The molecule has 5 nitrogen and oxygen atoms in total. The second-order valence-electron chi connectivity index (χ2n) is 7.26. The van der Waals surface area contributed by atoms with Crippen LogP contribution in [0, 0.1) is 0 Å². The van der Waals surface area contributed by atoms with Crippen LogP contribution < -0.4 is 5.32 Å². The molecule has 0 saturated heterocycles. The Bertz CT molecular complexity index is 985. The molecule has 2 aromatic rings. The van der Waals surface area contributed by atoms with Crippen molar-refractivity contribution in [1.29, 1.82) is 0 Å². The molecule has 1 aliphatic heterocycles. The molecule has 2 aromatic carbocycles. The van der Waals surface area contributed by atoms with Gasteiger partial charge in [-0.3, -0.25) is 4.79 Å². The van der Waals surface area contributed by atoms with Crippen LogP contribution >= 0.6 is 0 Å². The van der Waals surface area contributed by atoms with Crippen molar-refractivity contribution in [2.24, 2.45) is 0 Å². The minimum atomic E-state index is -3.49. The number of rotatable bonds is 4. The number of carbonyl (C=O) groups excluding carboxylic acids is 1. The van der Waals surface area contributed by atoms with E-state index in [0.717, 1.165) is 36.1 Å². The molecule has 0 spiro atoms. The highest BCUT2D eigenvalue weighted by molar-refractivity contribution is 7.89. The molecule has 0 radical (unpaired) electrons. The van der Waals surface area contributed by atoms with Crippen molar-refractivity contribution in [3.63, 3.8) is 0 Å². The fraction of sp³-hybridized carbons (Fsp3) is 0.381. The number of carbonyl (C=O) groups is 1. The molecule has 1 atom stereocenters. The third-order valence-corrected chi connectivity index (χ3v) is 7.42. The number of benzene rings is 2. The lowest BCUT2D eigenvalue weighted by molar-refractivity contribution is -0.120. The molecule has 0 aromatic heterocycles. The lowest BCUT2D eigenvalue weighted by Crippen LogP contribution is -2.51. The van der Waals surface area contributed by atoms with E-state index in [1.807, 2.05) is 36.4 Å². The molecule has 1 unspecified atom stereocenters. The molecule has 1 amide bonds. The third kappa shape index (κ3) is 3.51. The zero-order valence-electron chi connectivity index (χ0n) is 15.4. The zero-order chi connectivity index (χ0) is 19.0. The number of nitrogens with one attached hydrogen (secondary N) is 1. The van der Waals surface area contributed by atoms with Crippen LogP contribution in [0.3, 0.4) is 0 Å². The number of fused-ring (bicyclic) bond motifs is 2. The Kier molecular flexibility index (Phi) is 4.78. The van der Waals surface area contributed by atoms with Crippen molar-refractivity contribution in [2.45, 2.75) is 45.2 Å². The van der Waals surface area contributed by atoms with Crippen LogP contribution in [0.25, 0.3) is 0 Å². The van der Waals surface area contributed by atoms with Gasteiger partial charge < -0.3 is 5.32 Å². The van der Waals surface area contributed by atoms with Gasteiger partial charge in [-0.05, 0) is 67.0 Å². The topological polar surface area (TPSA) is 66.5 Å². The highest BCUT2D eigenvalue weighted by atomic mass is 32.2. The number of nitrogens with zero attached hydrogens (tertiary/aromatic N) is 1. The number of sulfonamides is 1. The van der Waals surface area contributed by atoms with Crippen molar-refractivity contribution in [3.05, 3.63) is 64.7 Å². The first-order chi connectivity index (χ1) is 13.0. The number of aryl methyl sites for hydroxylation is 2. The van der Waals surface area contributed by atoms with E-state index in [2.05, 4.69) is 11.4 Å². The molecule has 0 bridgehead atoms. The van der Waals surface area contributed by atoms with Crippen molar-refractivity contribution in [2.75, 3.05) is 11.1 Å². The van der Waals surface area contributed by atoms with E-state index in [1.54, 1.807) is 6.92 Å². The summed E-state index contributed by atoms with van der Waals surface area (Å²) in [4.78, 5) is 13.0. The molecule has 1 heterocycles. The van der Waals surface area contributed by atoms with Gasteiger partial charge in [0.15, 0.2) is 0 Å². The maximum absolute atomic E-state index is 13.0. The monoisotopic (exact) mass is 384 g/mol. The highest BCUT2D eigenvalue weighted by Gasteiger charge is 2.38. The van der Waals surface area contributed by atoms with Crippen molar-refractivity contribution >= 4 is 21.6 Å². The summed E-state index contributed by atoms with van der Waals surface area (Å²) in [6, 6.07) is 13.0. The first kappa shape index (κ1) is 18.2. The molecule has 27 heavy (non-hydrogen) atoms. The van der Waals surface area contributed by atoms with Crippen molar-refractivity contribution in [3.8, 4) is 0 Å².